The fourth-order valence-electron chi connectivity index (χ4n) is 3.58. The number of rotatable bonds is 5. The number of hydrogen-bond donors (Lipinski definition) is 4. The molecule has 1 atom stereocenters. The summed E-state index contributed by atoms with van der Waals surface area (Å²) in [5, 5.41) is 15.8. The summed E-state index contributed by atoms with van der Waals surface area (Å²) < 4.78 is 0. The highest BCUT2D eigenvalue weighted by molar-refractivity contribution is 5.96. The Morgan fingerprint density at radius 1 is 1.14 bits per heavy atom. The second-order valence-corrected chi connectivity index (χ2v) is 7.25. The summed E-state index contributed by atoms with van der Waals surface area (Å²) in [7, 11) is 0. The van der Waals surface area contributed by atoms with Gasteiger partial charge in [0.1, 0.15) is 0 Å². The van der Waals surface area contributed by atoms with E-state index in [1.807, 2.05) is 42.5 Å². The quantitative estimate of drug-likeness (QED) is 0.396. The Balaban J connectivity index is 1.49. The Morgan fingerprint density at radius 2 is 2.00 bits per heavy atom. The van der Waals surface area contributed by atoms with Gasteiger partial charge in [-0.05, 0) is 54.8 Å². The molecule has 7 nitrogen and oxygen atoms in total. The molecule has 0 saturated carbocycles. The number of anilines is 1. The predicted molar refractivity (Wildman–Crippen MR) is 110 cm³/mol. The maximum Gasteiger partial charge on any atom is 0.276 e. The van der Waals surface area contributed by atoms with Crippen molar-refractivity contribution < 1.29 is 14.8 Å². The van der Waals surface area contributed by atoms with Gasteiger partial charge in [0.05, 0.1) is 17.0 Å². The lowest BCUT2D eigenvalue weighted by Gasteiger charge is -2.11. The smallest absolute Gasteiger partial charge is 0.276 e. The van der Waals surface area contributed by atoms with Crippen LogP contribution in [0.5, 0.6) is 0 Å². The molecule has 29 heavy (non-hydrogen) atoms. The molecule has 1 aliphatic heterocycles. The number of carbonyl (C=O) groups is 2. The van der Waals surface area contributed by atoms with Crippen LogP contribution in [0.15, 0.2) is 54.7 Å². The van der Waals surface area contributed by atoms with Crippen LogP contribution in [0, 0.1) is 5.92 Å². The molecule has 1 fully saturated rings. The van der Waals surface area contributed by atoms with Gasteiger partial charge in [-0.3, -0.25) is 19.8 Å². The van der Waals surface area contributed by atoms with Crippen molar-refractivity contribution in [1.82, 2.24) is 15.8 Å². The van der Waals surface area contributed by atoms with Crippen LogP contribution in [-0.4, -0.2) is 35.1 Å². The molecule has 148 valence electrons. The minimum Gasteiger partial charge on any atom is -0.326 e. The van der Waals surface area contributed by atoms with E-state index in [0.29, 0.717) is 12.0 Å². The molecule has 4 N–H and O–H groups in total. The Kier molecular flexibility index (Phi) is 5.50. The van der Waals surface area contributed by atoms with Crippen molar-refractivity contribution in [3.63, 3.8) is 0 Å². The Hall–Kier alpha value is -3.29. The standard InChI is InChI=1S/C22H22N4O3/c27-21(17-6-7-23-12-17)25-19-3-1-2-14(9-19)8-15-4-5-16-11-18(22(28)26-29)13-24-20(16)10-15/h1-5,9-11,13,17,23,29H,6-8,12H2,(H,25,27)(H,26,28). The molecular formula is C22H22N4O3. The number of nitrogens with one attached hydrogen (secondary N) is 3. The second kappa shape index (κ2) is 8.38. The van der Waals surface area contributed by atoms with Gasteiger partial charge in [-0.1, -0.05) is 24.3 Å². The summed E-state index contributed by atoms with van der Waals surface area (Å²) in [5.74, 6) is -0.497. The van der Waals surface area contributed by atoms with Crippen LogP contribution >= 0.6 is 0 Å². The lowest BCUT2D eigenvalue weighted by atomic mass is 10.0. The molecule has 4 rings (SSSR count). The van der Waals surface area contributed by atoms with E-state index in [1.165, 1.54) is 6.20 Å². The number of carbonyl (C=O) groups excluding carboxylic acids is 2. The van der Waals surface area contributed by atoms with Crippen molar-refractivity contribution >= 4 is 28.4 Å². The van der Waals surface area contributed by atoms with Gasteiger partial charge in [0, 0.05) is 23.8 Å². The first kappa shape index (κ1) is 19.0. The fraction of sp³-hybridized carbons (Fsp3) is 0.227. The largest absolute Gasteiger partial charge is 0.326 e. The van der Waals surface area contributed by atoms with E-state index in [1.54, 1.807) is 11.5 Å². The van der Waals surface area contributed by atoms with Gasteiger partial charge in [0.15, 0.2) is 0 Å². The summed E-state index contributed by atoms with van der Waals surface area (Å²) in [5.41, 5.74) is 5.65. The Labute approximate surface area is 168 Å². The van der Waals surface area contributed by atoms with Crippen molar-refractivity contribution in [2.24, 2.45) is 5.92 Å². The van der Waals surface area contributed by atoms with Crippen molar-refractivity contribution in [3.05, 3.63) is 71.4 Å². The maximum atomic E-state index is 12.3. The summed E-state index contributed by atoms with van der Waals surface area (Å²) >= 11 is 0. The van der Waals surface area contributed by atoms with Crippen molar-refractivity contribution in [1.29, 1.82) is 0 Å². The fourth-order valence-corrected chi connectivity index (χ4v) is 3.58. The molecule has 2 heterocycles. The van der Waals surface area contributed by atoms with Gasteiger partial charge in [-0.2, -0.15) is 0 Å². The van der Waals surface area contributed by atoms with Gasteiger partial charge in [0.25, 0.3) is 5.91 Å². The van der Waals surface area contributed by atoms with E-state index in [-0.39, 0.29) is 11.8 Å². The Morgan fingerprint density at radius 3 is 2.79 bits per heavy atom. The van der Waals surface area contributed by atoms with E-state index < -0.39 is 5.91 Å². The second-order valence-electron chi connectivity index (χ2n) is 7.25. The maximum absolute atomic E-state index is 12.3. The first-order valence-electron chi connectivity index (χ1n) is 9.56. The summed E-state index contributed by atoms with van der Waals surface area (Å²) in [6.07, 6.45) is 3.01. The SMILES string of the molecule is O=C(NO)c1cnc2cc(Cc3cccc(NC(=O)C4CCNC4)c3)ccc2c1. The minimum absolute atomic E-state index is 0.0306. The average Bonchev–Trinajstić information content (AvgIpc) is 3.28. The lowest BCUT2D eigenvalue weighted by Crippen LogP contribution is -2.24. The number of amides is 2. The molecular weight excluding hydrogens is 368 g/mol. The van der Waals surface area contributed by atoms with Crippen LogP contribution in [0.4, 0.5) is 5.69 Å². The van der Waals surface area contributed by atoms with Crippen molar-refractivity contribution in [2.45, 2.75) is 12.8 Å². The number of nitrogens with zero attached hydrogens (tertiary/aromatic N) is 1. The number of aromatic nitrogens is 1. The molecule has 7 heteroatoms. The first-order chi connectivity index (χ1) is 14.1. The number of benzene rings is 2. The molecule has 3 aromatic rings. The molecule has 1 unspecified atom stereocenters. The number of pyridine rings is 1. The summed E-state index contributed by atoms with van der Waals surface area (Å²) in [6, 6.07) is 15.4. The minimum atomic E-state index is -0.587. The van der Waals surface area contributed by atoms with Gasteiger partial charge in [-0.25, -0.2) is 5.48 Å². The van der Waals surface area contributed by atoms with E-state index in [2.05, 4.69) is 15.6 Å². The van der Waals surface area contributed by atoms with Crippen LogP contribution in [0.3, 0.4) is 0 Å². The molecule has 0 bridgehead atoms. The molecule has 0 radical (unpaired) electrons. The Bertz CT molecular complexity index is 1060. The zero-order chi connectivity index (χ0) is 20.2. The third kappa shape index (κ3) is 4.42. The summed E-state index contributed by atoms with van der Waals surface area (Å²) in [4.78, 5) is 28.2. The van der Waals surface area contributed by atoms with Crippen molar-refractivity contribution in [2.75, 3.05) is 18.4 Å². The van der Waals surface area contributed by atoms with E-state index in [9.17, 15) is 9.59 Å². The van der Waals surface area contributed by atoms with Gasteiger partial charge >= 0.3 is 0 Å². The number of fused-ring (bicyclic) bond motifs is 1. The van der Waals surface area contributed by atoms with Crippen molar-refractivity contribution in [3.8, 4) is 0 Å². The molecule has 1 aromatic heterocycles. The predicted octanol–water partition coefficient (Wildman–Crippen LogP) is 2.49. The molecule has 2 aromatic carbocycles. The number of hydroxylamine groups is 1. The zero-order valence-corrected chi connectivity index (χ0v) is 15.8. The van der Waals surface area contributed by atoms with Crippen LogP contribution in [-0.2, 0) is 11.2 Å². The topological polar surface area (TPSA) is 103 Å². The lowest BCUT2D eigenvalue weighted by molar-refractivity contribution is -0.119. The highest BCUT2D eigenvalue weighted by Gasteiger charge is 2.22. The average molecular weight is 390 g/mol. The third-order valence-electron chi connectivity index (χ3n) is 5.15. The van der Waals surface area contributed by atoms with Crippen LogP contribution < -0.4 is 16.1 Å². The van der Waals surface area contributed by atoms with Crippen LogP contribution in [0.25, 0.3) is 10.9 Å². The van der Waals surface area contributed by atoms with E-state index in [0.717, 1.165) is 47.2 Å². The summed E-state index contributed by atoms with van der Waals surface area (Å²) in [6.45, 7) is 1.62. The monoisotopic (exact) mass is 390 g/mol. The highest BCUT2D eigenvalue weighted by atomic mass is 16.5. The number of hydrogen-bond acceptors (Lipinski definition) is 5. The molecule has 1 aliphatic rings. The molecule has 0 spiro atoms. The van der Waals surface area contributed by atoms with Gasteiger partial charge in [0.2, 0.25) is 5.91 Å². The van der Waals surface area contributed by atoms with Gasteiger partial charge < -0.3 is 10.6 Å². The molecule has 0 aliphatic carbocycles. The van der Waals surface area contributed by atoms with Crippen LogP contribution in [0.1, 0.15) is 27.9 Å². The molecule has 1 saturated heterocycles. The van der Waals surface area contributed by atoms with Gasteiger partial charge in [-0.15, -0.1) is 0 Å². The highest BCUT2D eigenvalue weighted by Crippen LogP contribution is 2.20. The normalized spacial score (nSPS) is 16.0. The van der Waals surface area contributed by atoms with E-state index in [4.69, 9.17) is 5.21 Å². The first-order valence-corrected chi connectivity index (χ1v) is 9.56. The molecule has 2 amide bonds. The van der Waals surface area contributed by atoms with E-state index >= 15 is 0 Å². The van der Waals surface area contributed by atoms with Crippen LogP contribution in [0.2, 0.25) is 0 Å². The zero-order valence-electron chi connectivity index (χ0n) is 15.8. The third-order valence-corrected chi connectivity index (χ3v) is 5.15.